The molecule has 7 N–H and O–H groups in total. The van der Waals surface area contributed by atoms with Gasteiger partial charge in [-0.15, -0.1) is 0 Å². The highest BCUT2D eigenvalue weighted by molar-refractivity contribution is 6.01. The van der Waals surface area contributed by atoms with Crippen molar-refractivity contribution in [2.45, 2.75) is 84.7 Å². The van der Waals surface area contributed by atoms with Gasteiger partial charge in [0, 0.05) is 72.6 Å². The van der Waals surface area contributed by atoms with Crippen LogP contribution in [0.25, 0.3) is 22.4 Å². The second-order valence-electron chi connectivity index (χ2n) is 16.8. The van der Waals surface area contributed by atoms with Crippen LogP contribution in [0.1, 0.15) is 91.3 Å². The number of hydrogen-bond acceptors (Lipinski definition) is 10. The van der Waals surface area contributed by atoms with Gasteiger partial charge < -0.3 is 36.6 Å². The summed E-state index contributed by atoms with van der Waals surface area (Å²) in [7, 11) is 1.47. The van der Waals surface area contributed by atoms with E-state index >= 15 is 0 Å². The van der Waals surface area contributed by atoms with Gasteiger partial charge in [0.1, 0.15) is 30.2 Å². The average Bonchev–Trinajstić information content (AvgIpc) is 3.19. The topological polar surface area (TPSA) is 215 Å². The van der Waals surface area contributed by atoms with E-state index in [0.29, 0.717) is 39.3 Å². The molecule has 1 aliphatic heterocycles. The van der Waals surface area contributed by atoms with E-state index in [9.17, 15) is 34.2 Å². The number of aromatic hydroxyl groups is 1. The smallest absolute Gasteiger partial charge is 0.326 e. The summed E-state index contributed by atoms with van der Waals surface area (Å²) in [5.74, 6) is -4.92. The molecule has 4 atom stereocenters. The molecule has 0 saturated heterocycles. The molecule has 0 fully saturated rings. The number of ether oxygens (including phenoxy) is 1. The summed E-state index contributed by atoms with van der Waals surface area (Å²) < 4.78 is 5.96. The Balaban J connectivity index is 1.53. The van der Waals surface area contributed by atoms with Gasteiger partial charge >= 0.3 is 5.97 Å². The van der Waals surface area contributed by atoms with Gasteiger partial charge in [-0.05, 0) is 84.8 Å². The van der Waals surface area contributed by atoms with E-state index in [1.165, 1.54) is 30.5 Å². The molecule has 0 saturated carbocycles. The average molecular weight is 820 g/mol. The molecule has 5 rings (SSSR count). The molecule has 4 bridgehead atoms. The molecule has 318 valence electrons. The van der Waals surface area contributed by atoms with Crippen LogP contribution in [0.3, 0.4) is 0 Å². The number of aromatic nitrogens is 1. The van der Waals surface area contributed by atoms with Gasteiger partial charge in [-0.2, -0.15) is 0 Å². The van der Waals surface area contributed by atoms with Gasteiger partial charge in [-0.3, -0.25) is 24.2 Å². The Morgan fingerprint density at radius 1 is 0.950 bits per heavy atom. The fourth-order valence-corrected chi connectivity index (χ4v) is 7.83. The summed E-state index contributed by atoms with van der Waals surface area (Å²) in [5, 5.41) is 23.7. The quantitative estimate of drug-likeness (QED) is 0.107. The van der Waals surface area contributed by atoms with Crippen LogP contribution in [0.15, 0.2) is 66.7 Å². The molecule has 4 aromatic rings. The van der Waals surface area contributed by atoms with Crippen LogP contribution in [0.5, 0.6) is 11.5 Å². The van der Waals surface area contributed by atoms with Crippen LogP contribution in [0, 0.1) is 25.7 Å². The third-order valence-corrected chi connectivity index (χ3v) is 11.1. The number of pyridine rings is 1. The second-order valence-corrected chi connectivity index (χ2v) is 16.8. The zero-order valence-corrected chi connectivity index (χ0v) is 35.5. The van der Waals surface area contributed by atoms with Gasteiger partial charge in [-0.1, -0.05) is 64.1 Å². The van der Waals surface area contributed by atoms with Crippen LogP contribution in [0.2, 0.25) is 0 Å². The number of amides is 2. The summed E-state index contributed by atoms with van der Waals surface area (Å²) in [6, 6.07) is 17.0. The molecule has 1 aromatic heterocycles. The van der Waals surface area contributed by atoms with E-state index < -0.39 is 47.5 Å². The summed E-state index contributed by atoms with van der Waals surface area (Å²) in [4.78, 5) is 75.0. The Labute approximate surface area is 351 Å². The van der Waals surface area contributed by atoms with Gasteiger partial charge in [0.05, 0.1) is 5.69 Å². The number of likely N-dealkylation sites (N-methyl/N-ethyl adjacent to an activating group) is 1. The monoisotopic (exact) mass is 819 g/mol. The number of aryl methyl sites for hydroxylation is 2. The third-order valence-electron chi connectivity index (χ3n) is 11.1. The fourth-order valence-electron chi connectivity index (χ4n) is 7.83. The number of carboxylic acid groups (broad SMARTS) is 1. The number of fused-ring (bicyclic) bond motifs is 5. The molecule has 60 heavy (non-hydrogen) atoms. The van der Waals surface area contributed by atoms with E-state index in [1.807, 2.05) is 25.1 Å². The van der Waals surface area contributed by atoms with Gasteiger partial charge in [0.25, 0.3) is 0 Å². The largest absolute Gasteiger partial charge is 0.507 e. The lowest BCUT2D eigenvalue weighted by atomic mass is 9.86. The SMILES string of the molecule is Cc1cc(-c2ccc(C(C)(C)C)cc2)nc(C)c1C(=O)C[C@@H](CCN)C(=O)N(C)[C@@H]1C(=O)C[C@@H](C)C(=O)N[C@H](C(=O)O)Cc2ccc(O)c(c2)-c2cc1ccc2OCCN. The number of nitrogens with one attached hydrogen (secondary N) is 1. The van der Waals surface area contributed by atoms with E-state index in [-0.39, 0.29) is 67.9 Å². The lowest BCUT2D eigenvalue weighted by molar-refractivity contribution is -0.144. The molecule has 13 heteroatoms. The lowest BCUT2D eigenvalue weighted by Gasteiger charge is -2.32. The van der Waals surface area contributed by atoms with E-state index in [2.05, 4.69) is 38.2 Å². The normalized spacial score (nSPS) is 17.6. The van der Waals surface area contributed by atoms with Crippen LogP contribution in [0.4, 0.5) is 0 Å². The Bertz CT molecular complexity index is 2240. The van der Waals surface area contributed by atoms with E-state index in [0.717, 1.165) is 11.3 Å². The first-order valence-corrected chi connectivity index (χ1v) is 20.3. The first kappa shape index (κ1) is 45.2. The molecular weight excluding hydrogens is 763 g/mol. The van der Waals surface area contributed by atoms with Crippen LogP contribution in [-0.4, -0.2) is 82.2 Å². The summed E-state index contributed by atoms with van der Waals surface area (Å²) in [6.07, 6.45) is -0.489. The van der Waals surface area contributed by atoms with Crippen molar-refractivity contribution in [3.63, 3.8) is 0 Å². The first-order valence-electron chi connectivity index (χ1n) is 20.3. The number of phenols is 1. The van der Waals surface area contributed by atoms with Crippen LogP contribution in [-0.2, 0) is 31.0 Å². The lowest BCUT2D eigenvalue weighted by Crippen LogP contribution is -2.45. The Morgan fingerprint density at radius 3 is 2.27 bits per heavy atom. The highest BCUT2D eigenvalue weighted by atomic mass is 16.5. The molecule has 0 radical (unpaired) electrons. The number of ketones is 2. The van der Waals surface area contributed by atoms with Crippen molar-refractivity contribution in [1.29, 1.82) is 0 Å². The van der Waals surface area contributed by atoms with Crippen LogP contribution >= 0.6 is 0 Å². The Hall–Kier alpha value is -5.92. The fraction of sp³-hybridized carbons (Fsp3) is 0.404. The van der Waals surface area contributed by atoms with Crippen molar-refractivity contribution in [2.75, 3.05) is 26.7 Å². The highest BCUT2D eigenvalue weighted by Crippen LogP contribution is 2.40. The number of benzene rings is 3. The minimum absolute atomic E-state index is 0.00898. The maximum absolute atomic E-state index is 14.6. The maximum atomic E-state index is 14.6. The van der Waals surface area contributed by atoms with E-state index in [4.69, 9.17) is 21.2 Å². The van der Waals surface area contributed by atoms with E-state index in [1.54, 1.807) is 37.3 Å². The Morgan fingerprint density at radius 2 is 1.65 bits per heavy atom. The molecule has 2 amide bonds. The number of carboxylic acids is 1. The summed E-state index contributed by atoms with van der Waals surface area (Å²) in [6.45, 7) is 12.0. The molecule has 0 spiro atoms. The number of rotatable bonds is 12. The minimum Gasteiger partial charge on any atom is -0.507 e. The number of nitrogens with two attached hydrogens (primary N) is 2. The van der Waals surface area contributed by atoms with Crippen molar-refractivity contribution in [2.24, 2.45) is 23.3 Å². The number of nitrogens with zero attached hydrogens (tertiary/aromatic N) is 2. The maximum Gasteiger partial charge on any atom is 0.326 e. The van der Waals surface area contributed by atoms with Gasteiger partial charge in [0.15, 0.2) is 11.6 Å². The van der Waals surface area contributed by atoms with Crippen molar-refractivity contribution in [1.82, 2.24) is 15.2 Å². The Kier molecular flexibility index (Phi) is 14.3. The van der Waals surface area contributed by atoms with Crippen LogP contribution < -0.4 is 21.5 Å². The summed E-state index contributed by atoms with van der Waals surface area (Å²) in [5.41, 5.74) is 17.8. The molecule has 2 heterocycles. The number of phenolic OH excluding ortho intramolecular Hbond substituents is 1. The second kappa shape index (κ2) is 19.0. The van der Waals surface area contributed by atoms with Crippen molar-refractivity contribution in [3.05, 3.63) is 100 Å². The molecule has 3 aromatic carbocycles. The van der Waals surface area contributed by atoms with Gasteiger partial charge in [0.2, 0.25) is 11.8 Å². The number of carbonyl (C=O) groups excluding carboxylic acids is 4. The van der Waals surface area contributed by atoms with Gasteiger partial charge in [-0.25, -0.2) is 4.79 Å². The molecular formula is C47H57N5O8. The number of hydrogen-bond donors (Lipinski definition) is 5. The highest BCUT2D eigenvalue weighted by Gasteiger charge is 2.36. The molecule has 0 aliphatic carbocycles. The number of Topliss-reactive ketones (excluding diaryl/α,β-unsaturated/α-hetero) is 2. The minimum atomic E-state index is -1.33. The first-order chi connectivity index (χ1) is 28.3. The van der Waals surface area contributed by atoms with Crippen molar-refractivity contribution in [3.8, 4) is 33.9 Å². The van der Waals surface area contributed by atoms with Crippen molar-refractivity contribution >= 4 is 29.4 Å². The zero-order chi connectivity index (χ0) is 44.1. The summed E-state index contributed by atoms with van der Waals surface area (Å²) >= 11 is 0. The number of aliphatic carboxylic acids is 1. The standard InChI is InChI=1S/C47H57N5O8/c1-26-20-36(30-9-12-33(13-10-30)47(4,5)6)50-28(3)42(26)39(54)25-32(16-17-48)45(57)52(7)43-31-11-15-41(60-19-18-49)35(24-31)34-22-29(8-14-38(34)53)23-37(46(58)59)51-44(56)27(2)21-40(43)55/h8-15,20,22,24,27,32,37,43,53H,16-19,21,23,25,48-49H2,1-7H3,(H,51,56)(H,58,59)/t27-,32-,37+,43+/m1/s1. The number of carbonyl (C=O) groups is 5. The zero-order valence-electron chi connectivity index (χ0n) is 35.5. The third kappa shape index (κ3) is 10.3. The predicted molar refractivity (Wildman–Crippen MR) is 230 cm³/mol. The molecule has 0 unspecified atom stereocenters. The molecule has 1 aliphatic rings. The van der Waals surface area contributed by atoms with Crippen molar-refractivity contribution < 1.29 is 38.9 Å². The molecule has 13 nitrogen and oxygen atoms in total. The predicted octanol–water partition coefficient (Wildman–Crippen LogP) is 5.83.